The quantitative estimate of drug-likeness (QED) is 0.639. The van der Waals surface area contributed by atoms with Gasteiger partial charge < -0.3 is 4.57 Å². The highest BCUT2D eigenvalue weighted by molar-refractivity contribution is 5.84. The second-order valence-electron chi connectivity index (χ2n) is 4.64. The summed E-state index contributed by atoms with van der Waals surface area (Å²) in [5.74, 6) is 0. The van der Waals surface area contributed by atoms with Gasteiger partial charge in [0.15, 0.2) is 0 Å². The lowest BCUT2D eigenvalue weighted by Crippen LogP contribution is -1.97. The largest absolute Gasteiger partial charge is 0.343 e. The van der Waals surface area contributed by atoms with Gasteiger partial charge in [-0.1, -0.05) is 55.5 Å². The summed E-state index contributed by atoms with van der Waals surface area (Å²) < 4.78 is 2.35. The second-order valence-corrected chi connectivity index (χ2v) is 4.64. The summed E-state index contributed by atoms with van der Waals surface area (Å²) in [4.78, 5) is 0. The molecule has 1 heteroatoms. The van der Waals surface area contributed by atoms with Crippen molar-refractivity contribution in [3.05, 3.63) is 71.9 Å². The normalized spacial score (nSPS) is 10.9. The Morgan fingerprint density at radius 1 is 0.889 bits per heavy atom. The highest BCUT2D eigenvalue weighted by Crippen LogP contribution is 2.22. The lowest BCUT2D eigenvalue weighted by molar-refractivity contribution is 0.831. The molecule has 0 atom stereocenters. The van der Waals surface area contributed by atoms with Crippen LogP contribution in [-0.2, 0) is 13.0 Å². The fraction of sp³-hybridized carbons (Fsp3) is 0.176. The molecular formula is C17H17N. The molecule has 0 aliphatic rings. The molecule has 1 nitrogen and oxygen atoms in total. The van der Waals surface area contributed by atoms with Crippen LogP contribution in [0, 0.1) is 0 Å². The van der Waals surface area contributed by atoms with Crippen LogP contribution in [0.5, 0.6) is 0 Å². The molecule has 0 amide bonds. The lowest BCUT2D eigenvalue weighted by Gasteiger charge is -2.05. The maximum atomic E-state index is 2.35. The summed E-state index contributed by atoms with van der Waals surface area (Å²) in [6.45, 7) is 3.16. The Kier molecular flexibility index (Phi) is 2.89. The van der Waals surface area contributed by atoms with Gasteiger partial charge in [-0.2, -0.15) is 0 Å². The molecule has 0 unspecified atom stereocenters. The summed E-state index contributed by atoms with van der Waals surface area (Å²) in [6, 6.07) is 19.3. The first-order chi connectivity index (χ1) is 8.88. The van der Waals surface area contributed by atoms with Crippen molar-refractivity contribution < 1.29 is 0 Å². The van der Waals surface area contributed by atoms with Gasteiger partial charge in [0, 0.05) is 23.6 Å². The first-order valence-corrected chi connectivity index (χ1v) is 6.49. The van der Waals surface area contributed by atoms with Crippen molar-refractivity contribution in [1.82, 2.24) is 4.57 Å². The van der Waals surface area contributed by atoms with Gasteiger partial charge >= 0.3 is 0 Å². The van der Waals surface area contributed by atoms with Crippen molar-refractivity contribution in [2.24, 2.45) is 0 Å². The number of para-hydroxylation sites is 1. The maximum Gasteiger partial charge on any atom is 0.0486 e. The van der Waals surface area contributed by atoms with Gasteiger partial charge in [0.1, 0.15) is 0 Å². The monoisotopic (exact) mass is 235 g/mol. The number of nitrogens with zero attached hydrogens (tertiary/aromatic N) is 1. The molecule has 90 valence electrons. The minimum absolute atomic E-state index is 0.946. The molecule has 3 rings (SSSR count). The minimum atomic E-state index is 0.946. The third-order valence-corrected chi connectivity index (χ3v) is 3.45. The number of hydrogen-bond donors (Lipinski definition) is 0. The molecule has 0 spiro atoms. The smallest absolute Gasteiger partial charge is 0.0486 e. The van der Waals surface area contributed by atoms with Crippen molar-refractivity contribution in [2.45, 2.75) is 19.9 Å². The van der Waals surface area contributed by atoms with E-state index in [0.717, 1.165) is 13.0 Å². The number of hydrogen-bond acceptors (Lipinski definition) is 0. The number of benzene rings is 2. The minimum Gasteiger partial charge on any atom is -0.343 e. The average Bonchev–Trinajstić information content (AvgIpc) is 2.78. The van der Waals surface area contributed by atoms with E-state index in [9.17, 15) is 0 Å². The summed E-state index contributed by atoms with van der Waals surface area (Å²) in [5.41, 5.74) is 4.11. The van der Waals surface area contributed by atoms with Crippen LogP contribution < -0.4 is 0 Å². The molecule has 0 radical (unpaired) electrons. The summed E-state index contributed by atoms with van der Waals surface area (Å²) in [5, 5.41) is 1.39. The van der Waals surface area contributed by atoms with E-state index in [4.69, 9.17) is 0 Å². The molecule has 2 aromatic carbocycles. The van der Waals surface area contributed by atoms with E-state index in [1.807, 2.05) is 0 Å². The third kappa shape index (κ3) is 1.92. The first kappa shape index (κ1) is 11.1. The standard InChI is InChI=1S/C17H17N/c1-2-15-13-18(12-14-8-4-3-5-9-14)17-11-7-6-10-16(15)17/h3-11,13H,2,12H2,1H3. The van der Waals surface area contributed by atoms with E-state index in [2.05, 4.69) is 72.3 Å². The SMILES string of the molecule is CCc1cn(Cc2ccccc2)c2ccccc12. The van der Waals surface area contributed by atoms with Gasteiger partial charge in [0.25, 0.3) is 0 Å². The molecule has 1 aromatic heterocycles. The Morgan fingerprint density at radius 2 is 1.61 bits per heavy atom. The highest BCUT2D eigenvalue weighted by atomic mass is 15.0. The summed E-state index contributed by atoms with van der Waals surface area (Å²) in [7, 11) is 0. The highest BCUT2D eigenvalue weighted by Gasteiger charge is 2.06. The molecule has 0 N–H and O–H groups in total. The van der Waals surface area contributed by atoms with E-state index in [-0.39, 0.29) is 0 Å². The molecule has 0 aliphatic carbocycles. The Balaban J connectivity index is 2.07. The molecule has 3 aromatic rings. The van der Waals surface area contributed by atoms with Gasteiger partial charge in [-0.3, -0.25) is 0 Å². The van der Waals surface area contributed by atoms with Crippen LogP contribution in [0.25, 0.3) is 10.9 Å². The van der Waals surface area contributed by atoms with Crippen molar-refractivity contribution in [3.8, 4) is 0 Å². The van der Waals surface area contributed by atoms with Gasteiger partial charge in [-0.25, -0.2) is 0 Å². The van der Waals surface area contributed by atoms with Crippen LogP contribution in [0.1, 0.15) is 18.1 Å². The molecular weight excluding hydrogens is 218 g/mol. The molecule has 0 aliphatic heterocycles. The Bertz CT molecular complexity index is 650. The summed E-state index contributed by atoms with van der Waals surface area (Å²) in [6.07, 6.45) is 3.37. The molecule has 1 heterocycles. The van der Waals surface area contributed by atoms with Crippen molar-refractivity contribution in [2.75, 3.05) is 0 Å². The van der Waals surface area contributed by atoms with E-state index in [0.29, 0.717) is 0 Å². The predicted octanol–water partition coefficient (Wildman–Crippen LogP) is 4.25. The van der Waals surface area contributed by atoms with E-state index in [1.54, 1.807) is 0 Å². The number of fused-ring (bicyclic) bond motifs is 1. The van der Waals surface area contributed by atoms with Crippen LogP contribution in [0.2, 0.25) is 0 Å². The topological polar surface area (TPSA) is 4.93 Å². The zero-order valence-electron chi connectivity index (χ0n) is 10.6. The van der Waals surface area contributed by atoms with Crippen LogP contribution in [0.4, 0.5) is 0 Å². The van der Waals surface area contributed by atoms with Gasteiger partial charge in [0.2, 0.25) is 0 Å². The van der Waals surface area contributed by atoms with Crippen molar-refractivity contribution in [1.29, 1.82) is 0 Å². The van der Waals surface area contributed by atoms with E-state index >= 15 is 0 Å². The van der Waals surface area contributed by atoms with Crippen LogP contribution >= 0.6 is 0 Å². The Morgan fingerprint density at radius 3 is 2.39 bits per heavy atom. The molecule has 0 saturated carbocycles. The van der Waals surface area contributed by atoms with Gasteiger partial charge in [-0.15, -0.1) is 0 Å². The van der Waals surface area contributed by atoms with Crippen LogP contribution in [-0.4, -0.2) is 4.57 Å². The maximum absolute atomic E-state index is 2.35. The van der Waals surface area contributed by atoms with Crippen molar-refractivity contribution in [3.63, 3.8) is 0 Å². The fourth-order valence-electron chi connectivity index (χ4n) is 2.52. The first-order valence-electron chi connectivity index (χ1n) is 6.49. The van der Waals surface area contributed by atoms with E-state index < -0.39 is 0 Å². The Hall–Kier alpha value is -2.02. The molecule has 0 bridgehead atoms. The zero-order chi connectivity index (χ0) is 12.4. The molecule has 18 heavy (non-hydrogen) atoms. The Labute approximate surface area is 108 Å². The number of rotatable bonds is 3. The van der Waals surface area contributed by atoms with Crippen LogP contribution in [0.15, 0.2) is 60.8 Å². The van der Waals surface area contributed by atoms with Crippen LogP contribution in [0.3, 0.4) is 0 Å². The van der Waals surface area contributed by atoms with Crippen molar-refractivity contribution >= 4 is 10.9 Å². The molecule has 0 saturated heterocycles. The lowest BCUT2D eigenvalue weighted by atomic mass is 10.1. The van der Waals surface area contributed by atoms with E-state index in [1.165, 1.54) is 22.0 Å². The fourth-order valence-corrected chi connectivity index (χ4v) is 2.52. The average molecular weight is 235 g/mol. The van der Waals surface area contributed by atoms with Gasteiger partial charge in [-0.05, 0) is 23.6 Å². The second kappa shape index (κ2) is 4.69. The zero-order valence-corrected chi connectivity index (χ0v) is 10.6. The number of aryl methyl sites for hydroxylation is 1. The summed E-state index contributed by atoms with van der Waals surface area (Å²) >= 11 is 0. The molecule has 0 fully saturated rings. The number of aromatic nitrogens is 1. The van der Waals surface area contributed by atoms with Gasteiger partial charge in [0.05, 0.1) is 0 Å². The third-order valence-electron chi connectivity index (χ3n) is 3.45. The predicted molar refractivity (Wildman–Crippen MR) is 76.9 cm³/mol.